The van der Waals surface area contributed by atoms with E-state index in [-0.39, 0.29) is 11.8 Å². The van der Waals surface area contributed by atoms with Crippen LogP contribution in [0.25, 0.3) is 0 Å². The van der Waals surface area contributed by atoms with Crippen LogP contribution in [0.2, 0.25) is 0 Å². The molecule has 0 bridgehead atoms. The first-order chi connectivity index (χ1) is 12.5. The predicted octanol–water partition coefficient (Wildman–Crippen LogP) is 3.80. The Balaban J connectivity index is 1.52. The molecule has 2 aromatic carbocycles. The van der Waals surface area contributed by atoms with E-state index < -0.39 is 0 Å². The van der Waals surface area contributed by atoms with Crippen molar-refractivity contribution in [3.63, 3.8) is 0 Å². The largest absolute Gasteiger partial charge is 0.322 e. The number of hydrogen-bond acceptors (Lipinski definition) is 3. The third-order valence-corrected chi connectivity index (χ3v) is 4.97. The number of Topliss-reactive ketones (excluding diaryl/α,β-unsaturated/α-hetero) is 1. The maximum absolute atomic E-state index is 12.5. The average molecular weight is 351 g/mol. The summed E-state index contributed by atoms with van der Waals surface area (Å²) in [7, 11) is 0. The molecular weight excluding hydrogens is 326 g/mol. The maximum Gasteiger partial charge on any atom is 0.321 e. The molecule has 3 rings (SSSR count). The smallest absolute Gasteiger partial charge is 0.321 e. The standard InChI is InChI=1S/C21H25N3O2/c1-16(18-6-4-3-5-7-18)23-12-14-24(15-13-23)21(26)22-20-10-8-19(9-11-20)17(2)25/h3-11,16H,12-15H2,1-2H3,(H,22,26). The van der Waals surface area contributed by atoms with Crippen molar-refractivity contribution in [2.24, 2.45) is 0 Å². The summed E-state index contributed by atoms with van der Waals surface area (Å²) in [6, 6.07) is 17.7. The third kappa shape index (κ3) is 4.29. The van der Waals surface area contributed by atoms with Crippen molar-refractivity contribution in [1.82, 2.24) is 9.80 Å². The van der Waals surface area contributed by atoms with Gasteiger partial charge in [0.15, 0.2) is 5.78 Å². The summed E-state index contributed by atoms with van der Waals surface area (Å²) in [5, 5.41) is 2.91. The van der Waals surface area contributed by atoms with Crippen molar-refractivity contribution in [2.45, 2.75) is 19.9 Å². The molecule has 1 saturated heterocycles. The number of carbonyl (C=O) groups excluding carboxylic acids is 2. The van der Waals surface area contributed by atoms with Crippen molar-refractivity contribution in [2.75, 3.05) is 31.5 Å². The molecule has 0 saturated carbocycles. The summed E-state index contributed by atoms with van der Waals surface area (Å²) in [4.78, 5) is 28.0. The number of nitrogens with zero attached hydrogens (tertiary/aromatic N) is 2. The fraction of sp³-hybridized carbons (Fsp3) is 0.333. The van der Waals surface area contributed by atoms with Crippen LogP contribution in [0.5, 0.6) is 0 Å². The maximum atomic E-state index is 12.5. The molecule has 0 aliphatic carbocycles. The van der Waals surface area contributed by atoms with E-state index in [0.29, 0.717) is 30.4 Å². The van der Waals surface area contributed by atoms with E-state index in [1.807, 2.05) is 11.0 Å². The highest BCUT2D eigenvalue weighted by atomic mass is 16.2. The molecule has 1 fully saturated rings. The highest BCUT2D eigenvalue weighted by molar-refractivity contribution is 5.95. The summed E-state index contributed by atoms with van der Waals surface area (Å²) in [6.45, 7) is 6.85. The van der Waals surface area contributed by atoms with Gasteiger partial charge >= 0.3 is 6.03 Å². The number of carbonyl (C=O) groups is 2. The number of urea groups is 1. The molecule has 0 spiro atoms. The molecule has 0 aromatic heterocycles. The molecule has 1 heterocycles. The highest BCUT2D eigenvalue weighted by Crippen LogP contribution is 2.21. The number of rotatable bonds is 4. The van der Waals surface area contributed by atoms with Gasteiger partial charge in [0, 0.05) is 43.5 Å². The Labute approximate surface area is 154 Å². The van der Waals surface area contributed by atoms with E-state index in [1.165, 1.54) is 12.5 Å². The van der Waals surface area contributed by atoms with E-state index in [4.69, 9.17) is 0 Å². The first-order valence-corrected chi connectivity index (χ1v) is 9.00. The van der Waals surface area contributed by atoms with Gasteiger partial charge in [-0.05, 0) is 43.7 Å². The van der Waals surface area contributed by atoms with Crippen LogP contribution in [0.1, 0.15) is 35.8 Å². The molecule has 1 atom stereocenters. The van der Waals surface area contributed by atoms with E-state index in [1.54, 1.807) is 24.3 Å². The molecule has 136 valence electrons. The second kappa shape index (κ2) is 8.15. The fourth-order valence-electron chi connectivity index (χ4n) is 3.25. The number of benzene rings is 2. The second-order valence-electron chi connectivity index (χ2n) is 6.67. The summed E-state index contributed by atoms with van der Waals surface area (Å²) >= 11 is 0. The van der Waals surface area contributed by atoms with Gasteiger partial charge in [-0.25, -0.2) is 4.79 Å². The number of piperazine rings is 1. The number of hydrogen-bond donors (Lipinski definition) is 1. The zero-order valence-corrected chi connectivity index (χ0v) is 15.3. The first-order valence-electron chi connectivity index (χ1n) is 9.00. The normalized spacial score (nSPS) is 16.2. The quantitative estimate of drug-likeness (QED) is 0.853. The third-order valence-electron chi connectivity index (χ3n) is 4.97. The molecule has 26 heavy (non-hydrogen) atoms. The van der Waals surface area contributed by atoms with E-state index >= 15 is 0 Å². The van der Waals surface area contributed by atoms with Gasteiger partial charge in [0.05, 0.1) is 0 Å². The van der Waals surface area contributed by atoms with Crippen LogP contribution in [0, 0.1) is 0 Å². The van der Waals surface area contributed by atoms with Gasteiger partial charge in [-0.15, -0.1) is 0 Å². The van der Waals surface area contributed by atoms with Crippen LogP contribution in [-0.4, -0.2) is 47.8 Å². The lowest BCUT2D eigenvalue weighted by molar-refractivity contribution is 0.101. The Bertz CT molecular complexity index is 751. The Kier molecular flexibility index (Phi) is 5.68. The van der Waals surface area contributed by atoms with Gasteiger partial charge in [0.1, 0.15) is 0 Å². The van der Waals surface area contributed by atoms with Crippen LogP contribution in [0.4, 0.5) is 10.5 Å². The predicted molar refractivity (Wildman–Crippen MR) is 103 cm³/mol. The van der Waals surface area contributed by atoms with Crippen molar-refractivity contribution in [1.29, 1.82) is 0 Å². The Hall–Kier alpha value is -2.66. The number of anilines is 1. The van der Waals surface area contributed by atoms with Crippen LogP contribution < -0.4 is 5.32 Å². The van der Waals surface area contributed by atoms with Gasteiger partial charge in [0.2, 0.25) is 0 Å². The minimum absolute atomic E-state index is 0.0199. The lowest BCUT2D eigenvalue weighted by atomic mass is 10.1. The van der Waals surface area contributed by atoms with E-state index in [2.05, 4.69) is 41.4 Å². The van der Waals surface area contributed by atoms with Crippen molar-refractivity contribution in [3.05, 3.63) is 65.7 Å². The molecular formula is C21H25N3O2. The van der Waals surface area contributed by atoms with Gasteiger partial charge in [-0.2, -0.15) is 0 Å². The number of amides is 2. The van der Waals surface area contributed by atoms with Gasteiger partial charge in [-0.1, -0.05) is 30.3 Å². The molecule has 1 unspecified atom stereocenters. The summed E-state index contributed by atoms with van der Waals surface area (Å²) in [6.07, 6.45) is 0. The molecule has 2 aromatic rings. The summed E-state index contributed by atoms with van der Waals surface area (Å²) in [5.74, 6) is 0.0199. The topological polar surface area (TPSA) is 52.7 Å². The summed E-state index contributed by atoms with van der Waals surface area (Å²) < 4.78 is 0. The monoisotopic (exact) mass is 351 g/mol. The van der Waals surface area contributed by atoms with E-state index in [9.17, 15) is 9.59 Å². The van der Waals surface area contributed by atoms with Gasteiger partial charge in [0.25, 0.3) is 0 Å². The Morgan fingerprint density at radius 1 is 0.923 bits per heavy atom. The average Bonchev–Trinajstić information content (AvgIpc) is 2.68. The zero-order chi connectivity index (χ0) is 18.5. The fourth-order valence-corrected chi connectivity index (χ4v) is 3.25. The van der Waals surface area contributed by atoms with Crippen LogP contribution in [0.3, 0.4) is 0 Å². The molecule has 2 amide bonds. The van der Waals surface area contributed by atoms with Crippen molar-refractivity contribution in [3.8, 4) is 0 Å². The van der Waals surface area contributed by atoms with Crippen LogP contribution >= 0.6 is 0 Å². The van der Waals surface area contributed by atoms with Crippen molar-refractivity contribution < 1.29 is 9.59 Å². The summed E-state index contributed by atoms with van der Waals surface area (Å²) in [5.41, 5.74) is 2.66. The molecule has 1 aliphatic heterocycles. The molecule has 5 heteroatoms. The highest BCUT2D eigenvalue weighted by Gasteiger charge is 2.24. The number of nitrogens with one attached hydrogen (secondary N) is 1. The SMILES string of the molecule is CC(=O)c1ccc(NC(=O)N2CCN(C(C)c3ccccc3)CC2)cc1. The molecule has 1 aliphatic rings. The lowest BCUT2D eigenvalue weighted by Gasteiger charge is -2.38. The molecule has 1 N–H and O–H groups in total. The van der Waals surface area contributed by atoms with Crippen LogP contribution in [0.15, 0.2) is 54.6 Å². The minimum Gasteiger partial charge on any atom is -0.322 e. The molecule has 5 nitrogen and oxygen atoms in total. The first kappa shape index (κ1) is 18.1. The minimum atomic E-state index is -0.0902. The van der Waals surface area contributed by atoms with E-state index in [0.717, 1.165) is 13.1 Å². The van der Waals surface area contributed by atoms with Crippen molar-refractivity contribution >= 4 is 17.5 Å². The Morgan fingerprint density at radius 3 is 2.12 bits per heavy atom. The van der Waals surface area contributed by atoms with Gasteiger partial charge in [-0.3, -0.25) is 9.69 Å². The molecule has 0 radical (unpaired) electrons. The second-order valence-corrected chi connectivity index (χ2v) is 6.67. The zero-order valence-electron chi connectivity index (χ0n) is 15.3. The van der Waals surface area contributed by atoms with Gasteiger partial charge < -0.3 is 10.2 Å². The Morgan fingerprint density at radius 2 is 1.54 bits per heavy atom. The van der Waals surface area contributed by atoms with Crippen LogP contribution in [-0.2, 0) is 0 Å². The lowest BCUT2D eigenvalue weighted by Crippen LogP contribution is -2.50. The number of ketones is 1.